The molecule has 3 nitrogen and oxygen atoms in total. The fourth-order valence-electron chi connectivity index (χ4n) is 0.705. The minimum atomic E-state index is -0.981. The first-order chi connectivity index (χ1) is 5.85. The summed E-state index contributed by atoms with van der Waals surface area (Å²) < 4.78 is 4.92. The second-order valence-electron chi connectivity index (χ2n) is 3.68. The van der Waals surface area contributed by atoms with Crippen LogP contribution >= 0.6 is 15.9 Å². The van der Waals surface area contributed by atoms with Gasteiger partial charge in [0.15, 0.2) is 0 Å². The number of hydrogen-bond acceptors (Lipinski definition) is 3. The van der Waals surface area contributed by atoms with E-state index >= 15 is 0 Å². The molecule has 13 heavy (non-hydrogen) atoms. The number of carbonyl (C=O) groups excluding carboxylic acids is 1. The van der Waals surface area contributed by atoms with E-state index in [1.165, 1.54) is 0 Å². The van der Waals surface area contributed by atoms with Gasteiger partial charge >= 0.3 is 5.97 Å². The van der Waals surface area contributed by atoms with Gasteiger partial charge in [-0.05, 0) is 20.3 Å². The fourth-order valence-corrected chi connectivity index (χ4v) is 0.838. The van der Waals surface area contributed by atoms with Gasteiger partial charge in [0.1, 0.15) is 6.61 Å². The Morgan fingerprint density at radius 2 is 2.15 bits per heavy atom. The first-order valence-electron chi connectivity index (χ1n) is 4.37. The zero-order valence-electron chi connectivity index (χ0n) is 8.34. The minimum absolute atomic E-state index is 0.0381. The molecule has 0 spiro atoms. The normalized spacial score (nSPS) is 13.9. The van der Waals surface area contributed by atoms with Crippen LogP contribution in [0.2, 0.25) is 0 Å². The molecule has 1 unspecified atom stereocenters. The average Bonchev–Trinajstić information content (AvgIpc) is 1.97. The van der Waals surface area contributed by atoms with Gasteiger partial charge in [-0.25, -0.2) is 0 Å². The predicted octanol–water partition coefficient (Wildman–Crippen LogP) is 1.86. The Hall–Kier alpha value is -0.0900. The van der Waals surface area contributed by atoms with Gasteiger partial charge in [-0.2, -0.15) is 0 Å². The third-order valence-corrected chi connectivity index (χ3v) is 2.36. The van der Waals surface area contributed by atoms with Crippen molar-refractivity contribution in [1.82, 2.24) is 0 Å². The molecule has 0 aromatic heterocycles. The summed E-state index contributed by atoms with van der Waals surface area (Å²) in [6, 6.07) is 0. The highest BCUT2D eigenvalue weighted by Gasteiger charge is 2.19. The van der Waals surface area contributed by atoms with Crippen LogP contribution in [-0.4, -0.2) is 28.1 Å². The molecule has 0 aromatic rings. The van der Waals surface area contributed by atoms with Gasteiger partial charge < -0.3 is 9.84 Å². The zero-order chi connectivity index (χ0) is 10.5. The van der Waals surface area contributed by atoms with Crippen molar-refractivity contribution in [2.75, 3.05) is 6.61 Å². The van der Waals surface area contributed by atoms with Crippen molar-refractivity contribution >= 4 is 21.9 Å². The van der Waals surface area contributed by atoms with E-state index in [1.54, 1.807) is 13.8 Å². The van der Waals surface area contributed by atoms with E-state index in [9.17, 15) is 9.90 Å². The Kier molecular flexibility index (Phi) is 5.56. The maximum atomic E-state index is 11.1. The van der Waals surface area contributed by atoms with Crippen LogP contribution in [-0.2, 0) is 9.53 Å². The smallest absolute Gasteiger partial charge is 0.308 e. The van der Waals surface area contributed by atoms with Crippen LogP contribution in [0.1, 0.15) is 33.6 Å². The van der Waals surface area contributed by atoms with Crippen molar-refractivity contribution < 1.29 is 14.6 Å². The Morgan fingerprint density at radius 3 is 2.54 bits per heavy atom. The summed E-state index contributed by atoms with van der Waals surface area (Å²) in [5.41, 5.74) is -0.981. The average molecular weight is 253 g/mol. The molecule has 0 amide bonds. The first kappa shape index (κ1) is 12.9. The fraction of sp³-hybridized carbons (Fsp3) is 0.889. The summed E-state index contributed by atoms with van der Waals surface area (Å²) in [6.07, 6.45) is 0.951. The van der Waals surface area contributed by atoms with Crippen molar-refractivity contribution in [2.45, 2.75) is 44.0 Å². The molecule has 0 aliphatic carbocycles. The van der Waals surface area contributed by atoms with Crippen molar-refractivity contribution in [3.63, 3.8) is 0 Å². The molecule has 0 rings (SSSR count). The number of carbonyl (C=O) groups is 1. The maximum Gasteiger partial charge on any atom is 0.308 e. The molecule has 0 fully saturated rings. The lowest BCUT2D eigenvalue weighted by atomic mass is 10.1. The van der Waals surface area contributed by atoms with E-state index in [2.05, 4.69) is 15.9 Å². The molecule has 0 aliphatic heterocycles. The first-order valence-corrected chi connectivity index (χ1v) is 5.29. The summed E-state index contributed by atoms with van der Waals surface area (Å²) in [5, 5.41) is 9.30. The van der Waals surface area contributed by atoms with Gasteiger partial charge in [0.2, 0.25) is 0 Å². The second kappa shape index (κ2) is 5.60. The molecule has 0 heterocycles. The van der Waals surface area contributed by atoms with E-state index in [-0.39, 0.29) is 17.2 Å². The number of hydrogen-bond donors (Lipinski definition) is 1. The molecule has 4 heteroatoms. The number of alkyl halides is 1. The van der Waals surface area contributed by atoms with Gasteiger partial charge in [-0.15, -0.1) is 0 Å². The van der Waals surface area contributed by atoms with E-state index in [1.807, 2.05) is 6.92 Å². The molecule has 0 radical (unpaired) electrons. The van der Waals surface area contributed by atoms with E-state index in [0.29, 0.717) is 6.61 Å². The van der Waals surface area contributed by atoms with Crippen LogP contribution in [0, 0.1) is 0 Å². The standard InChI is InChI=1S/C9H17BrO3/c1-4-7(10)6-13-8(11)5-9(2,3)12/h7,12H,4-6H2,1-3H3. The third-order valence-electron chi connectivity index (χ3n) is 1.45. The van der Waals surface area contributed by atoms with Crippen LogP contribution in [0.4, 0.5) is 0 Å². The summed E-state index contributed by atoms with van der Waals surface area (Å²) >= 11 is 3.35. The number of rotatable bonds is 5. The molecule has 1 N–H and O–H groups in total. The Morgan fingerprint density at radius 1 is 1.62 bits per heavy atom. The van der Waals surface area contributed by atoms with Gasteiger partial charge in [0.25, 0.3) is 0 Å². The number of esters is 1. The van der Waals surface area contributed by atoms with Crippen LogP contribution in [0.3, 0.4) is 0 Å². The maximum absolute atomic E-state index is 11.1. The van der Waals surface area contributed by atoms with Crippen molar-refractivity contribution in [2.24, 2.45) is 0 Å². The van der Waals surface area contributed by atoms with Crippen molar-refractivity contribution in [3.8, 4) is 0 Å². The summed E-state index contributed by atoms with van der Waals surface area (Å²) in [5.74, 6) is -0.356. The van der Waals surface area contributed by atoms with Gasteiger partial charge in [-0.3, -0.25) is 4.79 Å². The molecule has 0 bridgehead atoms. The molecular weight excluding hydrogens is 236 g/mol. The summed E-state index contributed by atoms with van der Waals surface area (Å²) in [4.78, 5) is 11.3. The second-order valence-corrected chi connectivity index (χ2v) is 4.97. The highest BCUT2D eigenvalue weighted by atomic mass is 79.9. The van der Waals surface area contributed by atoms with E-state index in [4.69, 9.17) is 4.74 Å². The van der Waals surface area contributed by atoms with Crippen molar-refractivity contribution in [3.05, 3.63) is 0 Å². The van der Waals surface area contributed by atoms with Crippen LogP contribution in [0.15, 0.2) is 0 Å². The topological polar surface area (TPSA) is 46.5 Å². The van der Waals surface area contributed by atoms with E-state index < -0.39 is 5.60 Å². The van der Waals surface area contributed by atoms with Crippen LogP contribution < -0.4 is 0 Å². The molecule has 0 saturated heterocycles. The largest absolute Gasteiger partial charge is 0.464 e. The number of ether oxygens (including phenoxy) is 1. The molecule has 1 atom stereocenters. The molecule has 0 aliphatic rings. The predicted molar refractivity (Wildman–Crippen MR) is 54.9 cm³/mol. The number of aliphatic hydroxyl groups is 1. The quantitative estimate of drug-likeness (QED) is 0.601. The molecular formula is C9H17BrO3. The SMILES string of the molecule is CCC(Br)COC(=O)CC(C)(C)O. The van der Waals surface area contributed by atoms with Crippen LogP contribution in [0.25, 0.3) is 0 Å². The summed E-state index contributed by atoms with van der Waals surface area (Å²) in [7, 11) is 0. The highest BCUT2D eigenvalue weighted by molar-refractivity contribution is 9.09. The lowest BCUT2D eigenvalue weighted by molar-refractivity contribution is -0.147. The molecule has 0 aromatic carbocycles. The minimum Gasteiger partial charge on any atom is -0.464 e. The Labute approximate surface area is 87.6 Å². The van der Waals surface area contributed by atoms with Gasteiger partial charge in [0.05, 0.1) is 12.0 Å². The zero-order valence-corrected chi connectivity index (χ0v) is 9.93. The molecule has 0 saturated carbocycles. The highest BCUT2D eigenvalue weighted by Crippen LogP contribution is 2.10. The van der Waals surface area contributed by atoms with E-state index in [0.717, 1.165) is 6.42 Å². The Bertz CT molecular complexity index is 163. The lowest BCUT2D eigenvalue weighted by Crippen LogP contribution is -2.25. The Balaban J connectivity index is 3.64. The monoisotopic (exact) mass is 252 g/mol. The van der Waals surface area contributed by atoms with Gasteiger partial charge in [0, 0.05) is 4.83 Å². The van der Waals surface area contributed by atoms with Gasteiger partial charge in [-0.1, -0.05) is 22.9 Å². The summed E-state index contributed by atoms with van der Waals surface area (Å²) in [6.45, 7) is 5.54. The number of halogens is 1. The third kappa shape index (κ3) is 8.25. The van der Waals surface area contributed by atoms with Crippen molar-refractivity contribution in [1.29, 1.82) is 0 Å². The lowest BCUT2D eigenvalue weighted by Gasteiger charge is -2.16. The molecule has 78 valence electrons. The van der Waals surface area contributed by atoms with Crippen LogP contribution in [0.5, 0.6) is 0 Å².